The molecule has 2 rings (SSSR count). The van der Waals surface area contributed by atoms with Crippen molar-refractivity contribution in [2.24, 2.45) is 0 Å². The molecule has 0 unspecified atom stereocenters. The van der Waals surface area contributed by atoms with E-state index < -0.39 is 0 Å². The highest BCUT2D eigenvalue weighted by atomic mass is 19.1. The zero-order valence-electron chi connectivity index (χ0n) is 14.6. The molecule has 0 aliphatic rings. The van der Waals surface area contributed by atoms with Crippen LogP contribution in [0.4, 0.5) is 15.8 Å². The van der Waals surface area contributed by atoms with Crippen molar-refractivity contribution in [2.45, 2.75) is 20.4 Å². The van der Waals surface area contributed by atoms with E-state index in [1.54, 1.807) is 31.3 Å². The van der Waals surface area contributed by atoms with Crippen molar-refractivity contribution in [3.8, 4) is 0 Å². The van der Waals surface area contributed by atoms with Gasteiger partial charge in [0, 0.05) is 26.1 Å². The average molecular weight is 343 g/mol. The number of nitrogens with zero attached hydrogens (tertiary/aromatic N) is 1. The van der Waals surface area contributed by atoms with E-state index in [1.165, 1.54) is 17.9 Å². The number of carbonyl (C=O) groups excluding carboxylic acids is 2. The van der Waals surface area contributed by atoms with Gasteiger partial charge in [-0.1, -0.05) is 24.3 Å². The quantitative estimate of drug-likeness (QED) is 0.847. The Kier molecular flexibility index (Phi) is 6.11. The molecule has 132 valence electrons. The lowest BCUT2D eigenvalue weighted by Gasteiger charge is -2.19. The van der Waals surface area contributed by atoms with Crippen LogP contribution in [-0.2, 0) is 16.1 Å². The average Bonchev–Trinajstić information content (AvgIpc) is 2.56. The molecule has 0 heterocycles. The highest BCUT2D eigenvalue weighted by Gasteiger charge is 2.12. The number of rotatable bonds is 6. The van der Waals surface area contributed by atoms with E-state index in [-0.39, 0.29) is 30.7 Å². The van der Waals surface area contributed by atoms with Gasteiger partial charge in [0.2, 0.25) is 11.8 Å². The van der Waals surface area contributed by atoms with Crippen LogP contribution < -0.4 is 10.6 Å². The van der Waals surface area contributed by atoms with Gasteiger partial charge in [-0.2, -0.15) is 0 Å². The summed E-state index contributed by atoms with van der Waals surface area (Å²) < 4.78 is 13.7. The van der Waals surface area contributed by atoms with Gasteiger partial charge in [0.05, 0.1) is 17.9 Å². The number of amides is 2. The second-order valence-electron chi connectivity index (χ2n) is 5.92. The van der Waals surface area contributed by atoms with Crippen LogP contribution in [0.3, 0.4) is 0 Å². The third-order valence-electron chi connectivity index (χ3n) is 3.71. The van der Waals surface area contributed by atoms with Gasteiger partial charge in [-0.15, -0.1) is 0 Å². The molecule has 0 saturated carbocycles. The number of benzene rings is 2. The highest BCUT2D eigenvalue weighted by Crippen LogP contribution is 2.23. The van der Waals surface area contributed by atoms with Gasteiger partial charge < -0.3 is 15.5 Å². The van der Waals surface area contributed by atoms with Crippen LogP contribution in [0.5, 0.6) is 0 Å². The van der Waals surface area contributed by atoms with Crippen molar-refractivity contribution in [3.63, 3.8) is 0 Å². The van der Waals surface area contributed by atoms with E-state index in [1.807, 2.05) is 19.1 Å². The van der Waals surface area contributed by atoms with Crippen molar-refractivity contribution in [1.82, 2.24) is 4.90 Å². The Bertz CT molecular complexity index is 777. The SMILES string of the molecule is CC(=O)Nc1ccc(C)cc1NCC(=O)N(C)Cc1ccccc1F. The van der Waals surface area contributed by atoms with Crippen LogP contribution >= 0.6 is 0 Å². The first-order chi connectivity index (χ1) is 11.9. The molecule has 2 aromatic carbocycles. The molecule has 2 amide bonds. The van der Waals surface area contributed by atoms with Gasteiger partial charge in [0.15, 0.2) is 0 Å². The zero-order chi connectivity index (χ0) is 18.4. The second-order valence-corrected chi connectivity index (χ2v) is 5.92. The summed E-state index contributed by atoms with van der Waals surface area (Å²) in [6, 6.07) is 11.9. The lowest BCUT2D eigenvalue weighted by molar-refractivity contribution is -0.128. The molecule has 5 nitrogen and oxygen atoms in total. The lowest BCUT2D eigenvalue weighted by atomic mass is 10.2. The number of anilines is 2. The molecule has 0 aliphatic carbocycles. The normalized spacial score (nSPS) is 10.2. The maximum atomic E-state index is 13.7. The van der Waals surface area contributed by atoms with Gasteiger partial charge in [0.1, 0.15) is 5.82 Å². The predicted molar refractivity (Wildman–Crippen MR) is 96.8 cm³/mol. The predicted octanol–water partition coefficient (Wildman–Crippen LogP) is 3.16. The Morgan fingerprint density at radius 2 is 1.84 bits per heavy atom. The largest absolute Gasteiger partial charge is 0.374 e. The topological polar surface area (TPSA) is 61.4 Å². The fraction of sp³-hybridized carbons (Fsp3) is 0.263. The van der Waals surface area contributed by atoms with Gasteiger partial charge in [-0.05, 0) is 30.7 Å². The van der Waals surface area contributed by atoms with Crippen LogP contribution in [0, 0.1) is 12.7 Å². The molecule has 0 spiro atoms. The summed E-state index contributed by atoms with van der Waals surface area (Å²) >= 11 is 0. The molecule has 2 aromatic rings. The van der Waals surface area contributed by atoms with E-state index in [9.17, 15) is 14.0 Å². The van der Waals surface area contributed by atoms with Crippen LogP contribution in [0.2, 0.25) is 0 Å². The third kappa shape index (κ3) is 5.31. The second kappa shape index (κ2) is 8.28. The number of hydrogen-bond acceptors (Lipinski definition) is 3. The maximum absolute atomic E-state index is 13.7. The molecular formula is C19H22FN3O2. The Labute approximate surface area is 146 Å². The Hall–Kier alpha value is -2.89. The Morgan fingerprint density at radius 3 is 2.52 bits per heavy atom. The van der Waals surface area contributed by atoms with Crippen molar-refractivity contribution in [2.75, 3.05) is 24.2 Å². The van der Waals surface area contributed by atoms with Gasteiger partial charge >= 0.3 is 0 Å². The van der Waals surface area contributed by atoms with Crippen molar-refractivity contribution < 1.29 is 14.0 Å². The highest BCUT2D eigenvalue weighted by molar-refractivity contribution is 5.93. The Balaban J connectivity index is 2.00. The molecule has 0 radical (unpaired) electrons. The van der Waals surface area contributed by atoms with Gasteiger partial charge in [-0.3, -0.25) is 9.59 Å². The number of halogens is 1. The first-order valence-electron chi connectivity index (χ1n) is 7.96. The summed E-state index contributed by atoms with van der Waals surface area (Å²) in [5.41, 5.74) is 2.75. The number of hydrogen-bond donors (Lipinski definition) is 2. The van der Waals surface area contributed by atoms with E-state index >= 15 is 0 Å². The van der Waals surface area contributed by atoms with Crippen molar-refractivity contribution in [1.29, 1.82) is 0 Å². The smallest absolute Gasteiger partial charge is 0.241 e. The summed E-state index contributed by atoms with van der Waals surface area (Å²) in [4.78, 5) is 25.0. The molecule has 0 atom stereocenters. The summed E-state index contributed by atoms with van der Waals surface area (Å²) in [5, 5.41) is 5.77. The van der Waals surface area contributed by atoms with Crippen molar-refractivity contribution >= 4 is 23.2 Å². The molecule has 0 bridgehead atoms. The van der Waals surface area contributed by atoms with Crippen LogP contribution in [0.15, 0.2) is 42.5 Å². The minimum absolute atomic E-state index is 0.0426. The molecule has 2 N–H and O–H groups in total. The molecule has 0 saturated heterocycles. The van der Waals surface area contributed by atoms with E-state index in [4.69, 9.17) is 0 Å². The van der Waals surface area contributed by atoms with Crippen LogP contribution in [-0.4, -0.2) is 30.3 Å². The van der Waals surface area contributed by atoms with Gasteiger partial charge in [-0.25, -0.2) is 4.39 Å². The molecule has 0 aromatic heterocycles. The molecular weight excluding hydrogens is 321 g/mol. The summed E-state index contributed by atoms with van der Waals surface area (Å²) in [5.74, 6) is -0.699. The zero-order valence-corrected chi connectivity index (χ0v) is 14.6. The van der Waals surface area contributed by atoms with Gasteiger partial charge in [0.25, 0.3) is 0 Å². The minimum Gasteiger partial charge on any atom is -0.374 e. The monoisotopic (exact) mass is 343 g/mol. The number of likely N-dealkylation sites (N-methyl/N-ethyl adjacent to an activating group) is 1. The first kappa shape index (κ1) is 18.4. The van der Waals surface area contributed by atoms with Crippen molar-refractivity contribution in [3.05, 3.63) is 59.4 Å². The fourth-order valence-corrected chi connectivity index (χ4v) is 2.38. The Morgan fingerprint density at radius 1 is 1.12 bits per heavy atom. The molecule has 0 aliphatic heterocycles. The standard InChI is InChI=1S/C19H22FN3O2/c1-13-8-9-17(22-14(2)24)18(10-13)21-11-19(25)23(3)12-15-6-4-5-7-16(15)20/h4-10,21H,11-12H2,1-3H3,(H,22,24). The fourth-order valence-electron chi connectivity index (χ4n) is 2.38. The van der Waals surface area contributed by atoms with E-state index in [2.05, 4.69) is 10.6 Å². The summed E-state index contributed by atoms with van der Waals surface area (Å²) in [6.45, 7) is 3.59. The van der Waals surface area contributed by atoms with Crippen LogP contribution in [0.1, 0.15) is 18.1 Å². The number of nitrogens with one attached hydrogen (secondary N) is 2. The number of aryl methyl sites for hydroxylation is 1. The molecule has 25 heavy (non-hydrogen) atoms. The number of carbonyl (C=O) groups is 2. The lowest BCUT2D eigenvalue weighted by Crippen LogP contribution is -2.32. The molecule has 0 fully saturated rings. The third-order valence-corrected chi connectivity index (χ3v) is 3.71. The minimum atomic E-state index is -0.332. The summed E-state index contributed by atoms with van der Waals surface area (Å²) in [6.07, 6.45) is 0. The summed E-state index contributed by atoms with van der Waals surface area (Å²) in [7, 11) is 1.63. The van der Waals surface area contributed by atoms with Crippen LogP contribution in [0.25, 0.3) is 0 Å². The van der Waals surface area contributed by atoms with E-state index in [0.717, 1.165) is 5.56 Å². The first-order valence-corrected chi connectivity index (χ1v) is 7.96. The maximum Gasteiger partial charge on any atom is 0.241 e. The van der Waals surface area contributed by atoms with E-state index in [0.29, 0.717) is 16.9 Å². The molecule has 6 heteroatoms.